The van der Waals surface area contributed by atoms with Crippen molar-refractivity contribution in [1.82, 2.24) is 5.32 Å². The van der Waals surface area contributed by atoms with E-state index in [0.29, 0.717) is 12.7 Å². The molecular formula is C20H25NO. The molecular weight excluding hydrogens is 270 g/mol. The quantitative estimate of drug-likeness (QED) is 0.893. The molecule has 2 aromatic rings. The van der Waals surface area contributed by atoms with Crippen molar-refractivity contribution in [2.45, 2.75) is 38.9 Å². The molecule has 1 aliphatic heterocycles. The summed E-state index contributed by atoms with van der Waals surface area (Å²) in [6.45, 7) is 5.04. The maximum atomic E-state index is 6.14. The lowest BCUT2D eigenvalue weighted by Gasteiger charge is -2.23. The fourth-order valence-electron chi connectivity index (χ4n) is 3.02. The molecule has 3 rings (SSSR count). The fourth-order valence-corrected chi connectivity index (χ4v) is 3.02. The Labute approximate surface area is 133 Å². The molecule has 2 aromatic carbocycles. The van der Waals surface area contributed by atoms with Crippen molar-refractivity contribution in [3.05, 3.63) is 59.7 Å². The number of rotatable bonds is 5. The molecule has 0 bridgehead atoms. The van der Waals surface area contributed by atoms with Crippen LogP contribution in [0.25, 0.3) is 11.1 Å². The number of benzene rings is 2. The van der Waals surface area contributed by atoms with Crippen LogP contribution in [0.1, 0.15) is 30.9 Å². The monoisotopic (exact) mass is 295 g/mol. The molecule has 2 heteroatoms. The zero-order chi connectivity index (χ0) is 15.2. The molecule has 1 aliphatic rings. The second-order valence-electron chi connectivity index (χ2n) is 5.97. The summed E-state index contributed by atoms with van der Waals surface area (Å²) < 4.78 is 6.14. The third-order valence-electron chi connectivity index (χ3n) is 4.45. The van der Waals surface area contributed by atoms with Gasteiger partial charge in [-0.1, -0.05) is 55.5 Å². The SMILES string of the molecule is CCc1ccc(-c2ccccc2COC2CCNCC2)cc1. The van der Waals surface area contributed by atoms with Crippen LogP contribution in [0.4, 0.5) is 0 Å². The number of aryl methyl sites for hydroxylation is 1. The summed E-state index contributed by atoms with van der Waals surface area (Å²) >= 11 is 0. The summed E-state index contributed by atoms with van der Waals surface area (Å²) in [5, 5.41) is 3.38. The topological polar surface area (TPSA) is 21.3 Å². The zero-order valence-electron chi connectivity index (χ0n) is 13.3. The van der Waals surface area contributed by atoms with Crippen LogP contribution in [0.2, 0.25) is 0 Å². The predicted molar refractivity (Wildman–Crippen MR) is 91.9 cm³/mol. The molecule has 0 atom stereocenters. The minimum atomic E-state index is 0.400. The normalized spacial score (nSPS) is 15.9. The van der Waals surface area contributed by atoms with E-state index in [1.807, 2.05) is 0 Å². The molecule has 2 nitrogen and oxygen atoms in total. The number of ether oxygens (including phenoxy) is 1. The molecule has 0 spiro atoms. The van der Waals surface area contributed by atoms with E-state index in [1.165, 1.54) is 22.3 Å². The summed E-state index contributed by atoms with van der Waals surface area (Å²) in [5.41, 5.74) is 5.23. The predicted octanol–water partition coefficient (Wildman–Crippen LogP) is 4.18. The Morgan fingerprint density at radius 2 is 1.73 bits per heavy atom. The van der Waals surface area contributed by atoms with E-state index in [4.69, 9.17) is 4.74 Å². The van der Waals surface area contributed by atoms with Crippen molar-refractivity contribution in [1.29, 1.82) is 0 Å². The van der Waals surface area contributed by atoms with Gasteiger partial charge < -0.3 is 10.1 Å². The van der Waals surface area contributed by atoms with Crippen molar-refractivity contribution in [2.24, 2.45) is 0 Å². The maximum Gasteiger partial charge on any atom is 0.0726 e. The smallest absolute Gasteiger partial charge is 0.0726 e. The average molecular weight is 295 g/mol. The van der Waals surface area contributed by atoms with Gasteiger partial charge in [0.25, 0.3) is 0 Å². The van der Waals surface area contributed by atoms with Crippen molar-refractivity contribution < 1.29 is 4.74 Å². The largest absolute Gasteiger partial charge is 0.373 e. The van der Waals surface area contributed by atoms with Gasteiger partial charge in [0, 0.05) is 0 Å². The summed E-state index contributed by atoms with van der Waals surface area (Å²) in [4.78, 5) is 0. The molecule has 1 saturated heterocycles. The van der Waals surface area contributed by atoms with Crippen LogP contribution >= 0.6 is 0 Å². The van der Waals surface area contributed by atoms with Crippen LogP contribution in [0.3, 0.4) is 0 Å². The lowest BCUT2D eigenvalue weighted by molar-refractivity contribution is 0.0214. The standard InChI is InChI=1S/C20H25NO/c1-2-16-7-9-17(10-8-16)20-6-4-3-5-18(20)15-22-19-11-13-21-14-12-19/h3-10,19,21H,2,11-15H2,1H3. The highest BCUT2D eigenvalue weighted by atomic mass is 16.5. The maximum absolute atomic E-state index is 6.14. The molecule has 116 valence electrons. The Hall–Kier alpha value is -1.64. The molecule has 0 aromatic heterocycles. The second kappa shape index (κ2) is 7.57. The number of hydrogen-bond acceptors (Lipinski definition) is 2. The van der Waals surface area contributed by atoms with Crippen LogP contribution in [0.15, 0.2) is 48.5 Å². The summed E-state index contributed by atoms with van der Waals surface area (Å²) in [6, 6.07) is 17.5. The van der Waals surface area contributed by atoms with Crippen LogP contribution in [-0.2, 0) is 17.8 Å². The highest BCUT2D eigenvalue weighted by Gasteiger charge is 2.14. The van der Waals surface area contributed by atoms with Gasteiger partial charge in [-0.15, -0.1) is 0 Å². The molecule has 0 radical (unpaired) electrons. The van der Waals surface area contributed by atoms with Gasteiger partial charge in [-0.05, 0) is 54.6 Å². The Morgan fingerprint density at radius 3 is 2.45 bits per heavy atom. The first-order valence-electron chi connectivity index (χ1n) is 8.36. The van der Waals surface area contributed by atoms with E-state index in [1.54, 1.807) is 0 Å². The fraction of sp³-hybridized carbons (Fsp3) is 0.400. The van der Waals surface area contributed by atoms with E-state index in [2.05, 4.69) is 60.8 Å². The van der Waals surface area contributed by atoms with Crippen LogP contribution in [-0.4, -0.2) is 19.2 Å². The van der Waals surface area contributed by atoms with E-state index in [9.17, 15) is 0 Å². The van der Waals surface area contributed by atoms with Gasteiger partial charge in [0.1, 0.15) is 0 Å². The molecule has 1 N–H and O–H groups in total. The van der Waals surface area contributed by atoms with Gasteiger partial charge in [-0.2, -0.15) is 0 Å². The molecule has 0 unspecified atom stereocenters. The molecule has 0 amide bonds. The molecule has 0 saturated carbocycles. The first-order chi connectivity index (χ1) is 10.9. The van der Waals surface area contributed by atoms with Gasteiger partial charge in [-0.25, -0.2) is 0 Å². The lowest BCUT2D eigenvalue weighted by atomic mass is 9.98. The summed E-state index contributed by atoms with van der Waals surface area (Å²) in [5.74, 6) is 0. The first kappa shape index (κ1) is 15.3. The van der Waals surface area contributed by atoms with E-state index in [0.717, 1.165) is 32.4 Å². The van der Waals surface area contributed by atoms with E-state index < -0.39 is 0 Å². The summed E-state index contributed by atoms with van der Waals surface area (Å²) in [6.07, 6.45) is 3.72. The third-order valence-corrected chi connectivity index (χ3v) is 4.45. The van der Waals surface area contributed by atoms with E-state index in [-0.39, 0.29) is 0 Å². The molecule has 0 aliphatic carbocycles. The summed E-state index contributed by atoms with van der Waals surface area (Å²) in [7, 11) is 0. The van der Waals surface area contributed by atoms with Crippen LogP contribution in [0, 0.1) is 0 Å². The van der Waals surface area contributed by atoms with Crippen LogP contribution in [0.5, 0.6) is 0 Å². The minimum Gasteiger partial charge on any atom is -0.373 e. The number of nitrogens with one attached hydrogen (secondary N) is 1. The molecule has 1 fully saturated rings. The number of piperidine rings is 1. The second-order valence-corrected chi connectivity index (χ2v) is 5.97. The third kappa shape index (κ3) is 3.76. The highest BCUT2D eigenvalue weighted by molar-refractivity contribution is 5.67. The Bertz CT molecular complexity index is 585. The van der Waals surface area contributed by atoms with E-state index >= 15 is 0 Å². The average Bonchev–Trinajstić information content (AvgIpc) is 2.61. The lowest BCUT2D eigenvalue weighted by Crippen LogP contribution is -2.32. The Morgan fingerprint density at radius 1 is 1.00 bits per heavy atom. The van der Waals surface area contributed by atoms with Crippen molar-refractivity contribution in [3.8, 4) is 11.1 Å². The van der Waals surface area contributed by atoms with Gasteiger partial charge in [0.05, 0.1) is 12.7 Å². The van der Waals surface area contributed by atoms with Crippen molar-refractivity contribution in [2.75, 3.05) is 13.1 Å². The van der Waals surface area contributed by atoms with Crippen molar-refractivity contribution in [3.63, 3.8) is 0 Å². The van der Waals surface area contributed by atoms with Gasteiger partial charge >= 0.3 is 0 Å². The first-order valence-corrected chi connectivity index (χ1v) is 8.36. The van der Waals surface area contributed by atoms with Gasteiger partial charge in [0.15, 0.2) is 0 Å². The Balaban J connectivity index is 1.73. The van der Waals surface area contributed by atoms with Crippen LogP contribution < -0.4 is 5.32 Å². The highest BCUT2D eigenvalue weighted by Crippen LogP contribution is 2.25. The molecule has 1 heterocycles. The number of hydrogen-bond donors (Lipinski definition) is 1. The van der Waals surface area contributed by atoms with Gasteiger partial charge in [-0.3, -0.25) is 0 Å². The van der Waals surface area contributed by atoms with Gasteiger partial charge in [0.2, 0.25) is 0 Å². The Kier molecular flexibility index (Phi) is 5.25. The minimum absolute atomic E-state index is 0.400. The zero-order valence-corrected chi connectivity index (χ0v) is 13.3. The molecule has 22 heavy (non-hydrogen) atoms. The van der Waals surface area contributed by atoms with Crippen molar-refractivity contribution >= 4 is 0 Å².